The smallest absolute Gasteiger partial charge is 0.408 e. The zero-order chi connectivity index (χ0) is 14.3. The van der Waals surface area contributed by atoms with Crippen LogP contribution < -0.4 is 11.1 Å². The van der Waals surface area contributed by atoms with E-state index in [-0.39, 0.29) is 5.91 Å². The number of nitrogens with one attached hydrogen (secondary N) is 2. The summed E-state index contributed by atoms with van der Waals surface area (Å²) in [5.41, 5.74) is 2.23. The molecule has 2 heterocycles. The van der Waals surface area contributed by atoms with Gasteiger partial charge in [0.2, 0.25) is 0 Å². The van der Waals surface area contributed by atoms with Crippen LogP contribution >= 0.6 is 11.3 Å². The van der Waals surface area contributed by atoms with Crippen molar-refractivity contribution in [3.05, 3.63) is 44.9 Å². The third-order valence-electron chi connectivity index (χ3n) is 2.93. The van der Waals surface area contributed by atoms with Gasteiger partial charge >= 0.3 is 5.76 Å². The average Bonchev–Trinajstić information content (AvgIpc) is 2.90. The number of benzene rings is 1. The highest BCUT2D eigenvalue weighted by Crippen LogP contribution is 2.22. The Hall–Kier alpha value is -2.41. The van der Waals surface area contributed by atoms with Gasteiger partial charge in [0.05, 0.1) is 11.2 Å². The maximum atomic E-state index is 12.1. The number of hydrogen-bond acceptors (Lipinski definition) is 5. The number of H-pyrrole nitrogens is 1. The van der Waals surface area contributed by atoms with Gasteiger partial charge in [0.25, 0.3) is 5.91 Å². The lowest BCUT2D eigenvalue weighted by Crippen LogP contribution is -2.11. The molecule has 0 atom stereocenters. The second-order valence-electron chi connectivity index (χ2n) is 4.34. The van der Waals surface area contributed by atoms with Gasteiger partial charge in [0.1, 0.15) is 0 Å². The molecule has 0 fully saturated rings. The molecule has 0 spiro atoms. The predicted octanol–water partition coefficient (Wildman–Crippen LogP) is 2.45. The second kappa shape index (κ2) is 4.61. The molecule has 3 rings (SSSR count). The summed E-state index contributed by atoms with van der Waals surface area (Å²) in [6.07, 6.45) is 0. The minimum Gasteiger partial charge on any atom is -0.408 e. The highest BCUT2D eigenvalue weighted by Gasteiger charge is 2.12. The molecule has 2 N–H and O–H groups in total. The Bertz CT molecular complexity index is 840. The van der Waals surface area contributed by atoms with E-state index in [0.717, 1.165) is 10.6 Å². The molecule has 7 heteroatoms. The summed E-state index contributed by atoms with van der Waals surface area (Å²) in [5.74, 6) is -0.826. The monoisotopic (exact) mass is 289 g/mol. The normalized spacial score (nSPS) is 10.9. The lowest BCUT2D eigenvalue weighted by atomic mass is 10.2. The highest BCUT2D eigenvalue weighted by atomic mass is 32.1. The van der Waals surface area contributed by atoms with Crippen LogP contribution in [0.25, 0.3) is 11.1 Å². The van der Waals surface area contributed by atoms with E-state index in [1.165, 1.54) is 17.4 Å². The molecule has 0 saturated carbocycles. The Morgan fingerprint density at radius 3 is 2.90 bits per heavy atom. The van der Waals surface area contributed by atoms with E-state index in [1.54, 1.807) is 12.1 Å². The van der Waals surface area contributed by atoms with Gasteiger partial charge in [-0.3, -0.25) is 15.1 Å². The van der Waals surface area contributed by atoms with Crippen molar-refractivity contribution in [2.45, 2.75) is 13.8 Å². The standard InChI is InChI=1S/C13H11N3O3S/c1-6-7(2)20-12(14-6)16-11(17)8-3-4-9-10(5-8)19-13(18)15-9/h3-5H,1-2H3,(H,15,18)(H,14,16,17). The first-order valence-corrected chi connectivity index (χ1v) is 6.73. The number of anilines is 1. The fourth-order valence-corrected chi connectivity index (χ4v) is 2.59. The lowest BCUT2D eigenvalue weighted by molar-refractivity contribution is 0.102. The number of carbonyl (C=O) groups is 1. The van der Waals surface area contributed by atoms with Gasteiger partial charge in [0.15, 0.2) is 10.7 Å². The number of aromatic nitrogens is 2. The number of aromatic amines is 1. The summed E-state index contributed by atoms with van der Waals surface area (Å²) in [5, 5.41) is 3.29. The van der Waals surface area contributed by atoms with Crippen molar-refractivity contribution in [3.8, 4) is 0 Å². The van der Waals surface area contributed by atoms with Crippen LogP contribution in [0.4, 0.5) is 5.13 Å². The van der Waals surface area contributed by atoms with Crippen molar-refractivity contribution >= 4 is 33.5 Å². The number of hydrogen-bond donors (Lipinski definition) is 2. The van der Waals surface area contributed by atoms with E-state index in [4.69, 9.17) is 4.42 Å². The Balaban J connectivity index is 1.89. The number of aryl methyl sites for hydroxylation is 2. The first kappa shape index (κ1) is 12.6. The van der Waals surface area contributed by atoms with Crippen molar-refractivity contribution in [3.63, 3.8) is 0 Å². The molecule has 6 nitrogen and oxygen atoms in total. The third-order valence-corrected chi connectivity index (χ3v) is 3.92. The number of amides is 1. The van der Waals surface area contributed by atoms with Crippen LogP contribution in [0, 0.1) is 13.8 Å². The number of fused-ring (bicyclic) bond motifs is 1. The Morgan fingerprint density at radius 1 is 1.40 bits per heavy atom. The van der Waals surface area contributed by atoms with E-state index in [1.807, 2.05) is 13.8 Å². The molecule has 0 unspecified atom stereocenters. The van der Waals surface area contributed by atoms with E-state index < -0.39 is 5.76 Å². The zero-order valence-electron chi connectivity index (χ0n) is 10.8. The van der Waals surface area contributed by atoms with Crippen LogP contribution in [-0.4, -0.2) is 15.9 Å². The first-order valence-electron chi connectivity index (χ1n) is 5.91. The molecular formula is C13H11N3O3S. The molecule has 20 heavy (non-hydrogen) atoms. The van der Waals surface area contributed by atoms with E-state index in [9.17, 15) is 9.59 Å². The number of oxazole rings is 1. The van der Waals surface area contributed by atoms with Gasteiger partial charge in [-0.05, 0) is 32.0 Å². The first-order chi connectivity index (χ1) is 9.52. The molecule has 0 saturated heterocycles. The van der Waals surface area contributed by atoms with Gasteiger partial charge in [0, 0.05) is 10.4 Å². The summed E-state index contributed by atoms with van der Waals surface area (Å²) in [6, 6.07) is 4.78. The molecule has 0 aliphatic heterocycles. The Morgan fingerprint density at radius 2 is 2.20 bits per heavy atom. The van der Waals surface area contributed by atoms with Crippen LogP contribution in [0.1, 0.15) is 20.9 Å². The lowest BCUT2D eigenvalue weighted by Gasteiger charge is -2.01. The van der Waals surface area contributed by atoms with E-state index in [0.29, 0.717) is 21.8 Å². The molecule has 0 radical (unpaired) electrons. The Labute approximate surface area is 117 Å². The van der Waals surface area contributed by atoms with Gasteiger partial charge in [-0.1, -0.05) is 0 Å². The molecule has 102 valence electrons. The van der Waals surface area contributed by atoms with Gasteiger partial charge < -0.3 is 4.42 Å². The summed E-state index contributed by atoms with van der Waals surface area (Å²) in [4.78, 5) is 31.0. The molecule has 0 bridgehead atoms. The topological polar surface area (TPSA) is 88.0 Å². The largest absolute Gasteiger partial charge is 0.417 e. The fraction of sp³-hybridized carbons (Fsp3) is 0.154. The Kier molecular flexibility index (Phi) is 2.90. The summed E-state index contributed by atoms with van der Waals surface area (Å²) >= 11 is 1.42. The molecule has 2 aromatic heterocycles. The molecule has 1 aromatic carbocycles. The number of thiazole rings is 1. The molecule has 0 aliphatic carbocycles. The summed E-state index contributed by atoms with van der Waals surface area (Å²) in [6.45, 7) is 3.84. The van der Waals surface area contributed by atoms with Crippen molar-refractivity contribution in [1.29, 1.82) is 0 Å². The fourth-order valence-electron chi connectivity index (χ4n) is 1.78. The summed E-state index contributed by atoms with van der Waals surface area (Å²) in [7, 11) is 0. The minimum atomic E-state index is -0.538. The van der Waals surface area contributed by atoms with Crippen molar-refractivity contribution < 1.29 is 9.21 Å². The number of carbonyl (C=O) groups excluding carboxylic acids is 1. The summed E-state index contributed by atoms with van der Waals surface area (Å²) < 4.78 is 4.93. The number of rotatable bonds is 2. The van der Waals surface area contributed by atoms with Crippen molar-refractivity contribution in [1.82, 2.24) is 9.97 Å². The quantitative estimate of drug-likeness (QED) is 0.758. The maximum absolute atomic E-state index is 12.1. The SMILES string of the molecule is Cc1nc(NC(=O)c2ccc3[nH]c(=O)oc3c2)sc1C. The van der Waals surface area contributed by atoms with E-state index in [2.05, 4.69) is 15.3 Å². The van der Waals surface area contributed by atoms with Crippen LogP contribution in [0.15, 0.2) is 27.4 Å². The minimum absolute atomic E-state index is 0.288. The van der Waals surface area contributed by atoms with Crippen molar-refractivity contribution in [2.24, 2.45) is 0 Å². The van der Waals surface area contributed by atoms with Crippen LogP contribution in [0.5, 0.6) is 0 Å². The maximum Gasteiger partial charge on any atom is 0.417 e. The van der Waals surface area contributed by atoms with E-state index >= 15 is 0 Å². The van der Waals surface area contributed by atoms with Gasteiger partial charge in [-0.2, -0.15) is 0 Å². The zero-order valence-corrected chi connectivity index (χ0v) is 11.6. The van der Waals surface area contributed by atoms with Crippen molar-refractivity contribution in [2.75, 3.05) is 5.32 Å². The highest BCUT2D eigenvalue weighted by molar-refractivity contribution is 7.15. The molecule has 3 aromatic rings. The van der Waals surface area contributed by atoms with Crippen LogP contribution in [0.2, 0.25) is 0 Å². The van der Waals surface area contributed by atoms with Gasteiger partial charge in [-0.25, -0.2) is 9.78 Å². The second-order valence-corrected chi connectivity index (χ2v) is 5.54. The number of nitrogens with zero attached hydrogens (tertiary/aromatic N) is 1. The molecule has 0 aliphatic rings. The molecular weight excluding hydrogens is 278 g/mol. The van der Waals surface area contributed by atoms with Crippen LogP contribution in [-0.2, 0) is 0 Å². The third kappa shape index (κ3) is 2.23. The van der Waals surface area contributed by atoms with Gasteiger partial charge in [-0.15, -0.1) is 11.3 Å². The predicted molar refractivity (Wildman–Crippen MR) is 76.4 cm³/mol. The van der Waals surface area contributed by atoms with Crippen LogP contribution in [0.3, 0.4) is 0 Å². The molecule has 1 amide bonds. The average molecular weight is 289 g/mol.